The van der Waals surface area contributed by atoms with Gasteiger partial charge in [0.25, 0.3) is 11.2 Å². The summed E-state index contributed by atoms with van der Waals surface area (Å²) in [6.07, 6.45) is 2.93. The Kier molecular flexibility index (Phi) is 6.74. The van der Waals surface area contributed by atoms with E-state index < -0.39 is 22.5 Å². The molecule has 0 bridgehead atoms. The third kappa shape index (κ3) is 4.56. The van der Waals surface area contributed by atoms with Gasteiger partial charge in [-0.1, -0.05) is 48.3 Å². The molecule has 0 fully saturated rings. The number of aromatic nitrogens is 1. The minimum Gasteiger partial charge on any atom is -0.497 e. The van der Waals surface area contributed by atoms with Crippen molar-refractivity contribution in [1.82, 2.24) is 4.57 Å². The van der Waals surface area contributed by atoms with Crippen LogP contribution in [0.25, 0.3) is 6.08 Å². The average molecular weight is 492 g/mol. The lowest BCUT2D eigenvalue weighted by atomic mass is 9.96. The van der Waals surface area contributed by atoms with Crippen LogP contribution in [-0.2, 0) is 9.53 Å². The maximum absolute atomic E-state index is 13.6. The molecule has 1 aromatic heterocycles. The Bertz CT molecular complexity index is 1530. The Morgan fingerprint density at radius 1 is 1.26 bits per heavy atom. The number of nitro groups is 1. The summed E-state index contributed by atoms with van der Waals surface area (Å²) in [5, 5.41) is 11.4. The number of thiazole rings is 1. The van der Waals surface area contributed by atoms with Gasteiger partial charge in [0.2, 0.25) is 0 Å². The first-order chi connectivity index (χ1) is 16.8. The summed E-state index contributed by atoms with van der Waals surface area (Å²) in [5.41, 5.74) is 1.05. The van der Waals surface area contributed by atoms with Crippen LogP contribution in [0.3, 0.4) is 0 Å². The number of carbonyl (C=O) groups is 1. The van der Waals surface area contributed by atoms with E-state index in [0.717, 1.165) is 11.3 Å². The molecular weight excluding hydrogens is 470 g/mol. The van der Waals surface area contributed by atoms with E-state index in [0.29, 0.717) is 27.4 Å². The van der Waals surface area contributed by atoms with Crippen LogP contribution in [0.4, 0.5) is 5.69 Å². The number of benzene rings is 2. The zero-order valence-corrected chi connectivity index (χ0v) is 19.8. The van der Waals surface area contributed by atoms with Crippen LogP contribution in [0.15, 0.2) is 82.2 Å². The minimum absolute atomic E-state index is 0.00699. The SMILES string of the molecule is C=CCOC(=O)C1=C(C)N=c2sc(=Cc3ccccc3[N+](=O)[O-])c(=O)n2C1c1ccc(OC)cc1. The summed E-state index contributed by atoms with van der Waals surface area (Å²) in [4.78, 5) is 42.4. The number of para-hydroxylation sites is 1. The highest BCUT2D eigenvalue weighted by Crippen LogP contribution is 2.31. The molecule has 0 saturated carbocycles. The Balaban J connectivity index is 1.95. The van der Waals surface area contributed by atoms with Gasteiger partial charge < -0.3 is 9.47 Å². The molecule has 3 aromatic rings. The Labute approximate surface area is 203 Å². The predicted octanol–water partition coefficient (Wildman–Crippen LogP) is 2.88. The van der Waals surface area contributed by atoms with Crippen molar-refractivity contribution in [3.05, 3.63) is 113 Å². The van der Waals surface area contributed by atoms with E-state index in [4.69, 9.17) is 9.47 Å². The monoisotopic (exact) mass is 491 g/mol. The van der Waals surface area contributed by atoms with Gasteiger partial charge in [0.1, 0.15) is 12.4 Å². The van der Waals surface area contributed by atoms with Crippen molar-refractivity contribution in [2.24, 2.45) is 4.99 Å². The van der Waals surface area contributed by atoms with Gasteiger partial charge in [0.15, 0.2) is 4.80 Å². The van der Waals surface area contributed by atoms with Crippen molar-refractivity contribution in [3.8, 4) is 5.75 Å². The van der Waals surface area contributed by atoms with Gasteiger partial charge in [-0.2, -0.15) is 0 Å². The molecule has 2 heterocycles. The molecule has 1 aliphatic rings. The molecule has 2 aromatic carbocycles. The lowest BCUT2D eigenvalue weighted by molar-refractivity contribution is -0.385. The fourth-order valence-electron chi connectivity index (χ4n) is 3.81. The van der Waals surface area contributed by atoms with Gasteiger partial charge in [-0.3, -0.25) is 19.5 Å². The molecule has 10 heteroatoms. The zero-order chi connectivity index (χ0) is 25.1. The molecule has 9 nitrogen and oxygen atoms in total. The second-order valence-corrected chi connectivity index (χ2v) is 8.57. The van der Waals surface area contributed by atoms with E-state index in [1.165, 1.54) is 22.8 Å². The third-order valence-electron chi connectivity index (χ3n) is 5.43. The van der Waals surface area contributed by atoms with Crippen molar-refractivity contribution in [3.63, 3.8) is 0 Å². The van der Waals surface area contributed by atoms with E-state index in [1.54, 1.807) is 56.5 Å². The van der Waals surface area contributed by atoms with Crippen molar-refractivity contribution in [2.45, 2.75) is 13.0 Å². The number of fused-ring (bicyclic) bond motifs is 1. The number of nitro benzene ring substituents is 1. The normalized spacial score (nSPS) is 15.3. The quantitative estimate of drug-likeness (QED) is 0.217. The average Bonchev–Trinajstić information content (AvgIpc) is 3.16. The summed E-state index contributed by atoms with van der Waals surface area (Å²) in [7, 11) is 1.54. The highest BCUT2D eigenvalue weighted by Gasteiger charge is 2.33. The maximum atomic E-state index is 13.6. The molecule has 0 aliphatic carbocycles. The fourth-order valence-corrected chi connectivity index (χ4v) is 4.85. The first-order valence-corrected chi connectivity index (χ1v) is 11.3. The number of allylic oxidation sites excluding steroid dienone is 1. The van der Waals surface area contributed by atoms with Crippen LogP contribution in [0.2, 0.25) is 0 Å². The van der Waals surface area contributed by atoms with Gasteiger partial charge >= 0.3 is 5.97 Å². The standard InChI is InChI=1S/C25H21N3O6S/c1-4-13-34-24(30)21-15(2)26-25-27(22(21)16-9-11-18(33-3)12-10-16)23(29)20(35-25)14-17-7-5-6-8-19(17)28(31)32/h4-12,14,22H,1,13H2,2-3H3. The Hall–Kier alpha value is -4.31. The summed E-state index contributed by atoms with van der Waals surface area (Å²) in [5.74, 6) is 0.00831. The predicted molar refractivity (Wildman–Crippen MR) is 131 cm³/mol. The molecule has 4 rings (SSSR count). The smallest absolute Gasteiger partial charge is 0.338 e. The van der Waals surface area contributed by atoms with Crippen molar-refractivity contribution in [2.75, 3.05) is 13.7 Å². The van der Waals surface area contributed by atoms with Crippen LogP contribution in [-0.4, -0.2) is 29.2 Å². The largest absolute Gasteiger partial charge is 0.497 e. The van der Waals surface area contributed by atoms with Crippen LogP contribution < -0.4 is 19.6 Å². The van der Waals surface area contributed by atoms with Crippen molar-refractivity contribution >= 4 is 29.1 Å². The fraction of sp³-hybridized carbons (Fsp3) is 0.160. The first-order valence-electron chi connectivity index (χ1n) is 10.5. The van der Waals surface area contributed by atoms with E-state index >= 15 is 0 Å². The van der Waals surface area contributed by atoms with Crippen LogP contribution in [0.1, 0.15) is 24.1 Å². The van der Waals surface area contributed by atoms with Gasteiger partial charge in [0, 0.05) is 6.07 Å². The molecule has 1 aliphatic heterocycles. The number of esters is 1. The summed E-state index contributed by atoms with van der Waals surface area (Å²) < 4.78 is 12.2. The molecule has 0 spiro atoms. The summed E-state index contributed by atoms with van der Waals surface area (Å²) in [6, 6.07) is 12.4. The third-order valence-corrected chi connectivity index (χ3v) is 6.41. The lowest BCUT2D eigenvalue weighted by Crippen LogP contribution is -2.39. The van der Waals surface area contributed by atoms with Crippen LogP contribution in [0, 0.1) is 10.1 Å². The highest BCUT2D eigenvalue weighted by molar-refractivity contribution is 7.07. The van der Waals surface area contributed by atoms with E-state index in [9.17, 15) is 19.7 Å². The number of carbonyl (C=O) groups excluding carboxylic acids is 1. The van der Waals surface area contributed by atoms with E-state index in [1.807, 2.05) is 0 Å². The summed E-state index contributed by atoms with van der Waals surface area (Å²) >= 11 is 1.10. The number of nitrogens with zero attached hydrogens (tertiary/aromatic N) is 3. The van der Waals surface area contributed by atoms with Gasteiger partial charge in [0.05, 0.1) is 39.4 Å². The first kappa shape index (κ1) is 23.8. The molecule has 0 N–H and O–H groups in total. The van der Waals surface area contributed by atoms with Gasteiger partial charge in [-0.15, -0.1) is 0 Å². The number of hydrogen-bond donors (Lipinski definition) is 0. The van der Waals surface area contributed by atoms with Crippen molar-refractivity contribution < 1.29 is 19.2 Å². The highest BCUT2D eigenvalue weighted by atomic mass is 32.1. The molecule has 35 heavy (non-hydrogen) atoms. The van der Waals surface area contributed by atoms with Crippen LogP contribution in [0.5, 0.6) is 5.75 Å². The lowest BCUT2D eigenvalue weighted by Gasteiger charge is -2.24. The number of rotatable bonds is 7. The second kappa shape index (κ2) is 9.90. The van der Waals surface area contributed by atoms with Crippen LogP contribution >= 0.6 is 11.3 Å². The second-order valence-electron chi connectivity index (χ2n) is 7.56. The van der Waals surface area contributed by atoms with E-state index in [2.05, 4.69) is 11.6 Å². The maximum Gasteiger partial charge on any atom is 0.338 e. The van der Waals surface area contributed by atoms with E-state index in [-0.39, 0.29) is 22.4 Å². The molecule has 1 atom stereocenters. The molecule has 0 saturated heterocycles. The van der Waals surface area contributed by atoms with Gasteiger partial charge in [-0.25, -0.2) is 9.79 Å². The number of methoxy groups -OCH3 is 1. The number of ether oxygens (including phenoxy) is 2. The number of hydrogen-bond acceptors (Lipinski definition) is 8. The zero-order valence-electron chi connectivity index (χ0n) is 19.0. The molecule has 0 radical (unpaired) electrons. The molecule has 0 amide bonds. The molecule has 178 valence electrons. The topological polar surface area (TPSA) is 113 Å². The molecule has 1 unspecified atom stereocenters. The Morgan fingerprint density at radius 2 is 1.97 bits per heavy atom. The van der Waals surface area contributed by atoms with Gasteiger partial charge in [-0.05, 0) is 36.8 Å². The summed E-state index contributed by atoms with van der Waals surface area (Å²) in [6.45, 7) is 5.26. The molecular formula is C25H21N3O6S. The minimum atomic E-state index is -0.803. The van der Waals surface area contributed by atoms with Crippen molar-refractivity contribution in [1.29, 1.82) is 0 Å². The Morgan fingerprint density at radius 3 is 2.63 bits per heavy atom.